The zero-order valence-electron chi connectivity index (χ0n) is 36.2. The van der Waals surface area contributed by atoms with Crippen molar-refractivity contribution in [3.8, 4) is 23.0 Å². The number of nitrogens with zero attached hydrogens (tertiary/aromatic N) is 4. The second-order valence-electron chi connectivity index (χ2n) is 15.3. The van der Waals surface area contributed by atoms with Crippen LogP contribution in [0, 0.1) is 0 Å². The third-order valence-electron chi connectivity index (χ3n) is 10.5. The number of hydrogen-bond acceptors (Lipinski definition) is 9. The molecule has 1 heterocycles. The number of azo groups is 1. The number of amides is 2. The van der Waals surface area contributed by atoms with Gasteiger partial charge in [0.2, 0.25) is 6.04 Å². The summed E-state index contributed by atoms with van der Waals surface area (Å²) in [6, 6.07) is 16.5. The van der Waals surface area contributed by atoms with Gasteiger partial charge < -0.3 is 24.6 Å². The van der Waals surface area contributed by atoms with Gasteiger partial charge in [-0.25, -0.2) is 10.0 Å². The molecule has 2 amide bonds. The maximum atomic E-state index is 14.1. The summed E-state index contributed by atoms with van der Waals surface area (Å²) in [4.78, 5) is 32.9. The summed E-state index contributed by atoms with van der Waals surface area (Å²) >= 11 is 26.0. The zero-order valence-corrected chi connectivity index (χ0v) is 39.2. The minimum absolute atomic E-state index is 0.0464. The first-order chi connectivity index (χ1) is 30.5. The quantitative estimate of drug-likeness (QED) is 0.0468. The van der Waals surface area contributed by atoms with Crippen molar-refractivity contribution in [2.24, 2.45) is 15.2 Å². The second-order valence-corrected chi connectivity index (χ2v) is 16.9. The van der Waals surface area contributed by atoms with E-state index in [1.165, 1.54) is 64.9 Å². The zero-order chi connectivity index (χ0) is 45.3. The molecule has 5 rings (SSSR count). The Morgan fingerprint density at radius 1 is 0.794 bits per heavy atom. The Morgan fingerprint density at radius 3 is 2.13 bits per heavy atom. The molecule has 0 spiro atoms. The minimum atomic E-state index is -1.30. The number of rotatable bonds is 24. The molecule has 0 saturated carbocycles. The molecule has 2 unspecified atom stereocenters. The number of aliphatic imine (C=N–C) groups is 1. The van der Waals surface area contributed by atoms with Gasteiger partial charge >= 0.3 is 0 Å². The van der Waals surface area contributed by atoms with Gasteiger partial charge in [0.1, 0.15) is 17.2 Å². The lowest BCUT2D eigenvalue weighted by molar-refractivity contribution is -0.123. The Bertz CT molecular complexity index is 2220. The molecule has 12 nitrogen and oxygen atoms in total. The molecule has 16 heteroatoms. The lowest BCUT2D eigenvalue weighted by Gasteiger charge is -2.20. The lowest BCUT2D eigenvalue weighted by atomic mass is 10.0. The van der Waals surface area contributed by atoms with E-state index in [-0.39, 0.29) is 49.0 Å². The lowest BCUT2D eigenvalue weighted by Crippen LogP contribution is -2.36. The van der Waals surface area contributed by atoms with Gasteiger partial charge in [-0.15, -0.1) is 0 Å². The van der Waals surface area contributed by atoms with Crippen molar-refractivity contribution in [1.29, 1.82) is 0 Å². The first kappa shape index (κ1) is 49.3. The van der Waals surface area contributed by atoms with E-state index in [1.54, 1.807) is 48.5 Å². The topological polar surface area (TPSA) is 146 Å². The predicted octanol–water partition coefficient (Wildman–Crippen LogP) is 13.8. The molecule has 0 bridgehead atoms. The third-order valence-corrected chi connectivity index (χ3v) is 11.6. The van der Waals surface area contributed by atoms with E-state index < -0.39 is 18.1 Å². The molecule has 0 aliphatic carbocycles. The number of carbonyl (C=O) groups is 2. The average Bonchev–Trinajstić information content (AvgIpc) is 3.56. The normalized spacial score (nSPS) is 14.9. The number of unbranched alkanes of at least 4 members (excludes halogenated alkanes) is 10. The van der Waals surface area contributed by atoms with E-state index in [1.807, 2.05) is 6.07 Å². The van der Waals surface area contributed by atoms with Crippen LogP contribution in [0.1, 0.15) is 103 Å². The van der Waals surface area contributed by atoms with Gasteiger partial charge in [0.05, 0.1) is 40.7 Å². The molecule has 63 heavy (non-hydrogen) atoms. The third kappa shape index (κ3) is 14.1. The van der Waals surface area contributed by atoms with E-state index in [0.29, 0.717) is 41.5 Å². The Labute approximate surface area is 390 Å². The highest BCUT2D eigenvalue weighted by Gasteiger charge is 2.41. The molecular formula is C47H56Cl4N6O6. The monoisotopic (exact) mass is 940 g/mol. The van der Waals surface area contributed by atoms with Crippen LogP contribution in [0.3, 0.4) is 0 Å². The van der Waals surface area contributed by atoms with Crippen LogP contribution in [0.2, 0.25) is 20.1 Å². The van der Waals surface area contributed by atoms with Crippen LogP contribution in [0.25, 0.3) is 0 Å². The number of phenolic OH excluding ortho intramolecular Hbond substituents is 1. The Balaban J connectivity index is 1.39. The van der Waals surface area contributed by atoms with Gasteiger partial charge in [-0.3, -0.25) is 15.0 Å². The maximum Gasteiger partial charge on any atom is 0.280 e. The fourth-order valence-corrected chi connectivity index (χ4v) is 8.19. The molecule has 1 fully saturated rings. The predicted molar refractivity (Wildman–Crippen MR) is 255 cm³/mol. The van der Waals surface area contributed by atoms with Crippen LogP contribution in [0.15, 0.2) is 82.0 Å². The number of anilines is 2. The number of amidine groups is 1. The Kier molecular flexibility index (Phi) is 19.5. The summed E-state index contributed by atoms with van der Waals surface area (Å²) < 4.78 is 17.1. The van der Waals surface area contributed by atoms with Crippen molar-refractivity contribution in [3.05, 3.63) is 92.4 Å². The van der Waals surface area contributed by atoms with Crippen LogP contribution in [0.4, 0.5) is 22.7 Å². The summed E-state index contributed by atoms with van der Waals surface area (Å²) in [6.07, 6.45) is 13.8. The summed E-state index contributed by atoms with van der Waals surface area (Å²) in [5, 5.41) is 24.0. The van der Waals surface area contributed by atoms with Crippen LogP contribution < -0.4 is 30.0 Å². The van der Waals surface area contributed by atoms with Crippen LogP contribution >= 0.6 is 46.4 Å². The van der Waals surface area contributed by atoms with Crippen molar-refractivity contribution in [2.45, 2.75) is 116 Å². The fourth-order valence-electron chi connectivity index (χ4n) is 7.04. The van der Waals surface area contributed by atoms with Crippen LogP contribution in [0.5, 0.6) is 23.0 Å². The number of benzene rings is 4. The number of phenols is 1. The molecule has 338 valence electrons. The molecule has 1 aliphatic rings. The molecular weight excluding hydrogens is 886 g/mol. The highest BCUT2D eigenvalue weighted by Crippen LogP contribution is 2.39. The number of carbonyl (C=O) groups excluding carboxylic acids is 2. The van der Waals surface area contributed by atoms with Crippen LogP contribution in [-0.2, 0) is 16.0 Å². The minimum Gasteiger partial charge on any atom is -0.508 e. The summed E-state index contributed by atoms with van der Waals surface area (Å²) in [7, 11) is 3.02. The number of aromatic hydroxyl groups is 1. The highest BCUT2D eigenvalue weighted by molar-refractivity contribution is 6.43. The SMILES string of the molecule is CCCCCCCCCCCCC(Oc1ccc(O)c(CCCC)c1)C(=O)Nc1ccc(Cl)c(N=C2NN(c3c(Cl)cc(Cl)cc3Cl)C(=O)C2N=Nc2ccc(OC)c(OC)c2)c1. The molecule has 0 radical (unpaired) electrons. The number of ether oxygens (including phenoxy) is 3. The molecule has 0 aromatic heterocycles. The van der Waals surface area contributed by atoms with Gasteiger partial charge in [0, 0.05) is 16.8 Å². The number of aryl methyl sites for hydroxylation is 1. The molecule has 3 N–H and O–H groups in total. The first-order valence-corrected chi connectivity index (χ1v) is 23.0. The Morgan fingerprint density at radius 2 is 1.46 bits per heavy atom. The summed E-state index contributed by atoms with van der Waals surface area (Å²) in [5.74, 6) is 0.711. The largest absolute Gasteiger partial charge is 0.508 e. The average molecular weight is 943 g/mol. The van der Waals surface area contributed by atoms with Crippen molar-refractivity contribution in [3.63, 3.8) is 0 Å². The summed E-state index contributed by atoms with van der Waals surface area (Å²) in [6.45, 7) is 4.32. The van der Waals surface area contributed by atoms with Crippen molar-refractivity contribution < 1.29 is 28.9 Å². The van der Waals surface area contributed by atoms with E-state index in [2.05, 4.69) is 34.8 Å². The van der Waals surface area contributed by atoms with Crippen LogP contribution in [-0.4, -0.2) is 49.1 Å². The van der Waals surface area contributed by atoms with Gasteiger partial charge in [-0.2, -0.15) is 10.2 Å². The van der Waals surface area contributed by atoms with Gasteiger partial charge in [0.15, 0.2) is 23.4 Å². The van der Waals surface area contributed by atoms with E-state index in [9.17, 15) is 14.7 Å². The highest BCUT2D eigenvalue weighted by atomic mass is 35.5. The Hall–Kier alpha value is -4.75. The van der Waals surface area contributed by atoms with Crippen molar-refractivity contribution in [2.75, 3.05) is 24.5 Å². The number of methoxy groups -OCH3 is 2. The summed E-state index contributed by atoms with van der Waals surface area (Å²) in [5.41, 5.74) is 4.88. The standard InChI is InChI=1S/C47H56Cl4N6O6/c1-5-7-9-10-11-12-13-14-15-16-18-41(63-34-21-23-39(58)30(25-34)17-8-6-2)46(59)52-32-19-22-35(49)38(28-32)53-45-43(55-54-33-20-24-40(61-3)42(29-33)62-4)47(60)57(56-45)44-36(50)26-31(48)27-37(44)51/h19-29,41,43,58H,5-18H2,1-4H3,(H,52,59)(H,53,56). The molecule has 4 aromatic carbocycles. The molecule has 2 atom stereocenters. The molecule has 1 aliphatic heterocycles. The van der Waals surface area contributed by atoms with E-state index >= 15 is 0 Å². The number of hydrogen-bond donors (Lipinski definition) is 3. The van der Waals surface area contributed by atoms with Crippen molar-refractivity contribution in [1.82, 2.24) is 5.43 Å². The molecule has 1 saturated heterocycles. The second kappa shape index (κ2) is 24.9. The van der Waals surface area contributed by atoms with E-state index in [0.717, 1.165) is 49.1 Å². The maximum absolute atomic E-state index is 14.1. The van der Waals surface area contributed by atoms with E-state index in [4.69, 9.17) is 65.6 Å². The van der Waals surface area contributed by atoms with Gasteiger partial charge in [0.25, 0.3) is 11.8 Å². The van der Waals surface area contributed by atoms with Crippen molar-refractivity contribution >= 4 is 86.8 Å². The number of hydrazine groups is 1. The fraction of sp³-hybridized carbons (Fsp3) is 0.426. The smallest absolute Gasteiger partial charge is 0.280 e. The number of halogens is 4. The van der Waals surface area contributed by atoms with Gasteiger partial charge in [-0.1, -0.05) is 124 Å². The first-order valence-electron chi connectivity index (χ1n) is 21.5. The number of nitrogens with one attached hydrogen (secondary N) is 2. The van der Waals surface area contributed by atoms with Gasteiger partial charge in [-0.05, 0) is 91.9 Å². The molecule has 4 aromatic rings.